The van der Waals surface area contributed by atoms with Crippen LogP contribution in [0.3, 0.4) is 0 Å². The Labute approximate surface area is 121 Å². The maximum atomic E-state index is 11.7. The highest BCUT2D eigenvalue weighted by Gasteiger charge is 2.41. The van der Waals surface area contributed by atoms with Gasteiger partial charge in [-0.15, -0.1) is 0 Å². The van der Waals surface area contributed by atoms with E-state index in [1.165, 1.54) is 6.42 Å². The van der Waals surface area contributed by atoms with Gasteiger partial charge in [-0.05, 0) is 31.1 Å². The summed E-state index contributed by atoms with van der Waals surface area (Å²) in [5.74, 6) is 0.321. The summed E-state index contributed by atoms with van der Waals surface area (Å²) in [5, 5.41) is 9.19. The van der Waals surface area contributed by atoms with Crippen LogP contribution in [-0.2, 0) is 14.6 Å². The first kappa shape index (κ1) is 15.8. The van der Waals surface area contributed by atoms with Crippen LogP contribution < -0.4 is 0 Å². The Morgan fingerprint density at radius 1 is 1.20 bits per heavy atom. The van der Waals surface area contributed by atoms with E-state index >= 15 is 0 Å². The predicted molar refractivity (Wildman–Crippen MR) is 77.4 cm³/mol. The number of carbonyl (C=O) groups is 1. The number of rotatable bonds is 4. The van der Waals surface area contributed by atoms with Crippen molar-refractivity contribution < 1.29 is 18.3 Å². The second kappa shape index (κ2) is 6.02. The fourth-order valence-corrected chi connectivity index (χ4v) is 5.73. The van der Waals surface area contributed by atoms with Crippen LogP contribution in [0.4, 0.5) is 0 Å². The third kappa shape index (κ3) is 3.52. The highest BCUT2D eigenvalue weighted by molar-refractivity contribution is 7.91. The molecule has 0 radical (unpaired) electrons. The summed E-state index contributed by atoms with van der Waals surface area (Å²) >= 11 is 0. The molecule has 0 spiro atoms. The van der Waals surface area contributed by atoms with E-state index in [4.69, 9.17) is 0 Å². The van der Waals surface area contributed by atoms with Gasteiger partial charge in [-0.25, -0.2) is 8.42 Å². The summed E-state index contributed by atoms with van der Waals surface area (Å²) in [6.45, 7) is 4.29. The minimum Gasteiger partial charge on any atom is -0.480 e. The van der Waals surface area contributed by atoms with Crippen molar-refractivity contribution in [1.82, 2.24) is 4.90 Å². The van der Waals surface area contributed by atoms with E-state index in [-0.39, 0.29) is 30.1 Å². The lowest BCUT2D eigenvalue weighted by atomic mass is 9.77. The monoisotopic (exact) mass is 303 g/mol. The van der Waals surface area contributed by atoms with Gasteiger partial charge >= 0.3 is 5.97 Å². The van der Waals surface area contributed by atoms with Gasteiger partial charge in [-0.3, -0.25) is 9.69 Å². The Bertz CT molecular complexity index is 452. The molecule has 1 N–H and O–H groups in total. The molecule has 1 saturated heterocycles. The molecular weight excluding hydrogens is 278 g/mol. The van der Waals surface area contributed by atoms with Gasteiger partial charge in [0.15, 0.2) is 9.84 Å². The van der Waals surface area contributed by atoms with E-state index in [0.717, 1.165) is 12.8 Å². The van der Waals surface area contributed by atoms with Gasteiger partial charge < -0.3 is 5.11 Å². The van der Waals surface area contributed by atoms with Crippen LogP contribution in [0.1, 0.15) is 39.5 Å². The number of sulfone groups is 1. The molecule has 5 nitrogen and oxygen atoms in total. The molecule has 1 aliphatic heterocycles. The quantitative estimate of drug-likeness (QED) is 0.849. The Morgan fingerprint density at radius 3 is 2.25 bits per heavy atom. The Morgan fingerprint density at radius 2 is 1.80 bits per heavy atom. The summed E-state index contributed by atoms with van der Waals surface area (Å²) in [6, 6.07) is 0.0715. The summed E-state index contributed by atoms with van der Waals surface area (Å²) in [7, 11) is -2.98. The Kier molecular flexibility index (Phi) is 4.74. The van der Waals surface area contributed by atoms with Crippen molar-refractivity contribution in [3.63, 3.8) is 0 Å². The first-order chi connectivity index (χ1) is 9.30. The molecule has 1 saturated carbocycles. The molecule has 0 bridgehead atoms. The van der Waals surface area contributed by atoms with Gasteiger partial charge in [0.1, 0.15) is 0 Å². The van der Waals surface area contributed by atoms with Crippen LogP contribution >= 0.6 is 0 Å². The van der Waals surface area contributed by atoms with Crippen LogP contribution in [0.2, 0.25) is 0 Å². The third-order valence-electron chi connectivity index (χ3n) is 4.86. The lowest BCUT2D eigenvalue weighted by molar-refractivity contribution is -0.140. The molecule has 3 atom stereocenters. The van der Waals surface area contributed by atoms with Crippen LogP contribution in [0, 0.1) is 11.8 Å². The highest BCUT2D eigenvalue weighted by atomic mass is 32.2. The lowest BCUT2D eigenvalue weighted by Gasteiger charge is -2.44. The molecule has 2 aliphatic rings. The molecule has 1 heterocycles. The summed E-state index contributed by atoms with van der Waals surface area (Å²) in [6.07, 6.45) is 3.96. The van der Waals surface area contributed by atoms with E-state index in [9.17, 15) is 18.3 Å². The number of nitrogens with zero attached hydrogens (tertiary/aromatic N) is 1. The van der Waals surface area contributed by atoms with Gasteiger partial charge in [-0.1, -0.05) is 20.3 Å². The van der Waals surface area contributed by atoms with Crippen LogP contribution in [0.25, 0.3) is 0 Å². The summed E-state index contributed by atoms with van der Waals surface area (Å²) < 4.78 is 23.4. The fourth-order valence-electron chi connectivity index (χ4n) is 3.99. The van der Waals surface area contributed by atoms with E-state index < -0.39 is 15.8 Å². The van der Waals surface area contributed by atoms with Crippen molar-refractivity contribution in [2.24, 2.45) is 11.8 Å². The fraction of sp³-hybridized carbons (Fsp3) is 0.929. The van der Waals surface area contributed by atoms with Gasteiger partial charge in [0.05, 0.1) is 18.1 Å². The molecule has 0 aromatic carbocycles. The van der Waals surface area contributed by atoms with Gasteiger partial charge in [-0.2, -0.15) is 0 Å². The molecule has 0 aromatic rings. The Balaban J connectivity index is 2.20. The molecule has 6 heteroatoms. The zero-order valence-electron chi connectivity index (χ0n) is 12.3. The summed E-state index contributed by atoms with van der Waals surface area (Å²) in [5.41, 5.74) is 0. The lowest BCUT2D eigenvalue weighted by Crippen LogP contribution is -2.53. The van der Waals surface area contributed by atoms with Crippen molar-refractivity contribution in [1.29, 1.82) is 0 Å². The van der Waals surface area contributed by atoms with Crippen molar-refractivity contribution in [2.75, 3.05) is 18.1 Å². The minimum absolute atomic E-state index is 0.0421. The minimum atomic E-state index is -2.98. The first-order valence-corrected chi connectivity index (χ1v) is 9.30. The van der Waals surface area contributed by atoms with E-state index in [1.54, 1.807) is 0 Å². The molecule has 116 valence electrons. The normalized spacial score (nSPS) is 37.1. The molecule has 2 rings (SSSR count). The smallest absolute Gasteiger partial charge is 0.317 e. The van der Waals surface area contributed by atoms with Crippen molar-refractivity contribution >= 4 is 15.8 Å². The van der Waals surface area contributed by atoms with Crippen LogP contribution in [0.5, 0.6) is 0 Å². The van der Waals surface area contributed by atoms with Crippen molar-refractivity contribution in [3.8, 4) is 0 Å². The van der Waals surface area contributed by atoms with E-state index in [0.29, 0.717) is 18.3 Å². The second-order valence-corrected chi connectivity index (χ2v) is 8.73. The highest BCUT2D eigenvalue weighted by Crippen LogP contribution is 2.35. The molecule has 2 fully saturated rings. The topological polar surface area (TPSA) is 74.7 Å². The standard InChI is InChI=1S/C14H25NO4S/c1-10-4-3-5-11(2)14(10)15(8-13(16)17)12-6-7-20(18,19)9-12/h10-12,14H,3-9H2,1-2H3,(H,16,17). The number of hydrogen-bond acceptors (Lipinski definition) is 4. The van der Waals surface area contributed by atoms with Gasteiger partial charge in [0, 0.05) is 12.1 Å². The molecular formula is C14H25NO4S. The third-order valence-corrected chi connectivity index (χ3v) is 6.61. The number of carboxylic acid groups (broad SMARTS) is 1. The Hall–Kier alpha value is -0.620. The van der Waals surface area contributed by atoms with Crippen molar-refractivity contribution in [2.45, 2.75) is 51.6 Å². The molecule has 20 heavy (non-hydrogen) atoms. The SMILES string of the molecule is CC1CCCC(C)C1N(CC(=O)O)C1CCS(=O)(=O)C1. The maximum Gasteiger partial charge on any atom is 0.317 e. The molecule has 3 unspecified atom stereocenters. The first-order valence-electron chi connectivity index (χ1n) is 7.48. The molecule has 1 aliphatic carbocycles. The molecule has 0 aromatic heterocycles. The zero-order valence-corrected chi connectivity index (χ0v) is 13.1. The predicted octanol–water partition coefficient (Wildman–Crippen LogP) is 1.38. The maximum absolute atomic E-state index is 11.7. The van der Waals surface area contributed by atoms with E-state index in [2.05, 4.69) is 13.8 Å². The number of aliphatic carboxylic acids is 1. The van der Waals surface area contributed by atoms with E-state index in [1.807, 2.05) is 4.90 Å². The van der Waals surface area contributed by atoms with Crippen molar-refractivity contribution in [3.05, 3.63) is 0 Å². The molecule has 0 amide bonds. The van der Waals surface area contributed by atoms with Gasteiger partial charge in [0.2, 0.25) is 0 Å². The van der Waals surface area contributed by atoms with Crippen LogP contribution in [0.15, 0.2) is 0 Å². The summed E-state index contributed by atoms with van der Waals surface area (Å²) in [4.78, 5) is 13.2. The van der Waals surface area contributed by atoms with Crippen LogP contribution in [-0.4, -0.2) is 54.5 Å². The van der Waals surface area contributed by atoms with Gasteiger partial charge in [0.25, 0.3) is 0 Å². The largest absolute Gasteiger partial charge is 0.480 e. The number of carboxylic acids is 1. The number of hydrogen-bond donors (Lipinski definition) is 1. The average molecular weight is 303 g/mol. The average Bonchev–Trinajstić information content (AvgIpc) is 2.67. The zero-order chi connectivity index (χ0) is 14.9. The second-order valence-electron chi connectivity index (χ2n) is 6.50.